The number of hydrogen-bond acceptors (Lipinski definition) is 3. The average molecular weight is 465 g/mol. The SMILES string of the molecule is Cc1ccc(S(=O)(=O)N(CC(=O)N[C@H](C)CCc2ccccc2)c2ccc(C)c(C)c2)cc1. The Labute approximate surface area is 197 Å². The van der Waals surface area contributed by atoms with E-state index < -0.39 is 10.0 Å². The Hall–Kier alpha value is -3.12. The standard InChI is InChI=1S/C27H32N2O3S/c1-20-10-16-26(17-11-20)33(31,32)29(25-15-12-21(2)22(3)18-25)19-27(30)28-23(4)13-14-24-8-6-5-7-9-24/h5-12,15-18,23H,13-14,19H2,1-4H3,(H,28,30)/t23-/m1/s1. The second kappa shape index (κ2) is 10.7. The highest BCUT2D eigenvalue weighted by molar-refractivity contribution is 7.92. The van der Waals surface area contributed by atoms with Crippen molar-refractivity contribution in [2.75, 3.05) is 10.8 Å². The number of nitrogens with one attached hydrogen (secondary N) is 1. The molecule has 0 bridgehead atoms. The maximum atomic E-state index is 13.5. The molecular formula is C27H32N2O3S. The van der Waals surface area contributed by atoms with E-state index in [1.807, 2.05) is 58.0 Å². The maximum Gasteiger partial charge on any atom is 0.264 e. The minimum atomic E-state index is -3.91. The second-order valence-electron chi connectivity index (χ2n) is 8.59. The summed E-state index contributed by atoms with van der Waals surface area (Å²) in [4.78, 5) is 13.1. The molecule has 0 fully saturated rings. The van der Waals surface area contributed by atoms with Gasteiger partial charge in [-0.25, -0.2) is 8.42 Å². The number of sulfonamides is 1. The number of rotatable bonds is 9. The van der Waals surface area contributed by atoms with Crippen molar-refractivity contribution in [2.45, 2.75) is 51.5 Å². The van der Waals surface area contributed by atoms with Crippen molar-refractivity contribution >= 4 is 21.6 Å². The first-order valence-corrected chi connectivity index (χ1v) is 12.6. The van der Waals surface area contributed by atoms with Gasteiger partial charge in [0.25, 0.3) is 10.0 Å². The largest absolute Gasteiger partial charge is 0.352 e. The molecule has 174 valence electrons. The molecule has 3 aromatic rings. The first-order chi connectivity index (χ1) is 15.7. The van der Waals surface area contributed by atoms with E-state index in [0.29, 0.717) is 5.69 Å². The lowest BCUT2D eigenvalue weighted by atomic mass is 10.1. The van der Waals surface area contributed by atoms with Crippen LogP contribution in [0, 0.1) is 20.8 Å². The summed E-state index contributed by atoms with van der Waals surface area (Å²) in [7, 11) is -3.91. The highest BCUT2D eigenvalue weighted by Gasteiger charge is 2.27. The van der Waals surface area contributed by atoms with Crippen LogP contribution >= 0.6 is 0 Å². The molecule has 0 aliphatic heterocycles. The van der Waals surface area contributed by atoms with Crippen molar-refractivity contribution < 1.29 is 13.2 Å². The van der Waals surface area contributed by atoms with Crippen LogP contribution in [0.25, 0.3) is 0 Å². The molecule has 3 rings (SSSR count). The number of aryl methyl sites for hydroxylation is 4. The Morgan fingerprint density at radius 2 is 1.58 bits per heavy atom. The zero-order valence-corrected chi connectivity index (χ0v) is 20.5. The summed E-state index contributed by atoms with van der Waals surface area (Å²) in [5.74, 6) is -0.329. The molecule has 33 heavy (non-hydrogen) atoms. The molecule has 1 N–H and O–H groups in total. The van der Waals surface area contributed by atoms with Crippen LogP contribution in [0.5, 0.6) is 0 Å². The number of benzene rings is 3. The quantitative estimate of drug-likeness (QED) is 0.488. The Morgan fingerprint density at radius 1 is 0.909 bits per heavy atom. The van der Waals surface area contributed by atoms with E-state index in [0.717, 1.165) is 29.5 Å². The predicted octanol–water partition coefficient (Wildman–Crippen LogP) is 4.94. The van der Waals surface area contributed by atoms with E-state index in [-0.39, 0.29) is 23.4 Å². The van der Waals surface area contributed by atoms with Gasteiger partial charge in [0.2, 0.25) is 5.91 Å². The average Bonchev–Trinajstić information content (AvgIpc) is 2.79. The smallest absolute Gasteiger partial charge is 0.264 e. The van der Waals surface area contributed by atoms with E-state index in [2.05, 4.69) is 17.4 Å². The molecule has 1 atom stereocenters. The lowest BCUT2D eigenvalue weighted by Gasteiger charge is -2.26. The summed E-state index contributed by atoms with van der Waals surface area (Å²) in [5, 5.41) is 2.96. The molecule has 0 saturated heterocycles. The molecule has 3 aromatic carbocycles. The summed E-state index contributed by atoms with van der Waals surface area (Å²) in [6.07, 6.45) is 1.61. The van der Waals surface area contributed by atoms with Gasteiger partial charge in [-0.1, -0.05) is 54.1 Å². The number of anilines is 1. The van der Waals surface area contributed by atoms with Crippen molar-refractivity contribution in [1.29, 1.82) is 0 Å². The van der Waals surface area contributed by atoms with E-state index >= 15 is 0 Å². The van der Waals surface area contributed by atoms with Gasteiger partial charge >= 0.3 is 0 Å². The van der Waals surface area contributed by atoms with Crippen molar-refractivity contribution in [2.24, 2.45) is 0 Å². The van der Waals surface area contributed by atoms with Gasteiger partial charge in [-0.3, -0.25) is 9.10 Å². The van der Waals surface area contributed by atoms with E-state index in [4.69, 9.17) is 0 Å². The third-order valence-electron chi connectivity index (χ3n) is 5.79. The number of hydrogen-bond donors (Lipinski definition) is 1. The van der Waals surface area contributed by atoms with Crippen LogP contribution in [-0.2, 0) is 21.2 Å². The van der Waals surface area contributed by atoms with Gasteiger partial charge in [0.05, 0.1) is 10.6 Å². The molecule has 0 heterocycles. The van der Waals surface area contributed by atoms with Crippen molar-refractivity contribution in [3.8, 4) is 0 Å². The van der Waals surface area contributed by atoms with Crippen LogP contribution in [0.15, 0.2) is 77.7 Å². The molecule has 5 nitrogen and oxygen atoms in total. The molecule has 0 saturated carbocycles. The summed E-state index contributed by atoms with van der Waals surface area (Å²) >= 11 is 0. The summed E-state index contributed by atoms with van der Waals surface area (Å²) in [5.41, 5.74) is 4.68. The highest BCUT2D eigenvalue weighted by atomic mass is 32.2. The fraction of sp³-hybridized carbons (Fsp3) is 0.296. The van der Waals surface area contributed by atoms with Crippen LogP contribution in [0.4, 0.5) is 5.69 Å². The highest BCUT2D eigenvalue weighted by Crippen LogP contribution is 2.26. The molecule has 0 spiro atoms. The number of carbonyl (C=O) groups is 1. The third-order valence-corrected chi connectivity index (χ3v) is 7.58. The van der Waals surface area contributed by atoms with Gasteiger partial charge < -0.3 is 5.32 Å². The Balaban J connectivity index is 1.79. The van der Waals surface area contributed by atoms with Gasteiger partial charge in [0.1, 0.15) is 6.54 Å². The lowest BCUT2D eigenvalue weighted by molar-refractivity contribution is -0.120. The van der Waals surface area contributed by atoms with Crippen LogP contribution in [0.1, 0.15) is 35.6 Å². The summed E-state index contributed by atoms with van der Waals surface area (Å²) in [6, 6.07) is 22.1. The number of amides is 1. The van der Waals surface area contributed by atoms with Gasteiger partial charge in [0.15, 0.2) is 0 Å². The van der Waals surface area contributed by atoms with Gasteiger partial charge in [-0.2, -0.15) is 0 Å². The summed E-state index contributed by atoms with van der Waals surface area (Å²) < 4.78 is 28.2. The molecule has 6 heteroatoms. The minimum Gasteiger partial charge on any atom is -0.352 e. The number of nitrogens with zero attached hydrogens (tertiary/aromatic N) is 1. The molecule has 0 aromatic heterocycles. The van der Waals surface area contributed by atoms with Gasteiger partial charge in [0, 0.05) is 6.04 Å². The fourth-order valence-electron chi connectivity index (χ4n) is 3.58. The van der Waals surface area contributed by atoms with E-state index in [1.165, 1.54) is 9.87 Å². The van der Waals surface area contributed by atoms with Gasteiger partial charge in [-0.05, 0) is 81.5 Å². The topological polar surface area (TPSA) is 66.5 Å². The third kappa shape index (κ3) is 6.45. The van der Waals surface area contributed by atoms with Crippen LogP contribution < -0.4 is 9.62 Å². The zero-order chi connectivity index (χ0) is 24.0. The monoisotopic (exact) mass is 464 g/mol. The predicted molar refractivity (Wildman–Crippen MR) is 134 cm³/mol. The fourth-order valence-corrected chi connectivity index (χ4v) is 5.00. The molecule has 0 unspecified atom stereocenters. The normalized spacial score (nSPS) is 12.2. The van der Waals surface area contributed by atoms with Crippen LogP contribution in [0.3, 0.4) is 0 Å². The molecule has 0 aliphatic carbocycles. The lowest BCUT2D eigenvalue weighted by Crippen LogP contribution is -2.43. The van der Waals surface area contributed by atoms with E-state index in [9.17, 15) is 13.2 Å². The molecule has 0 aliphatic rings. The molecule has 1 amide bonds. The van der Waals surface area contributed by atoms with Crippen molar-refractivity contribution in [3.63, 3.8) is 0 Å². The number of carbonyl (C=O) groups excluding carboxylic acids is 1. The second-order valence-corrected chi connectivity index (χ2v) is 10.4. The van der Waals surface area contributed by atoms with Crippen molar-refractivity contribution in [3.05, 3.63) is 95.1 Å². The molecule has 0 radical (unpaired) electrons. The molecular weight excluding hydrogens is 432 g/mol. The zero-order valence-electron chi connectivity index (χ0n) is 19.7. The van der Waals surface area contributed by atoms with Gasteiger partial charge in [-0.15, -0.1) is 0 Å². The maximum absolute atomic E-state index is 13.5. The van der Waals surface area contributed by atoms with E-state index in [1.54, 1.807) is 30.3 Å². The Morgan fingerprint density at radius 3 is 2.21 bits per heavy atom. The van der Waals surface area contributed by atoms with Crippen LogP contribution in [-0.4, -0.2) is 26.9 Å². The summed E-state index contributed by atoms with van der Waals surface area (Å²) in [6.45, 7) is 7.46. The first kappa shape index (κ1) is 24.5. The van der Waals surface area contributed by atoms with Crippen LogP contribution in [0.2, 0.25) is 0 Å². The van der Waals surface area contributed by atoms with Crippen molar-refractivity contribution in [1.82, 2.24) is 5.32 Å². The Bertz CT molecular complexity index is 1190. The Kier molecular flexibility index (Phi) is 7.92. The minimum absolute atomic E-state index is 0.0820. The first-order valence-electron chi connectivity index (χ1n) is 11.2.